The Labute approximate surface area is 248 Å². The van der Waals surface area contributed by atoms with E-state index in [9.17, 15) is 0 Å². The lowest BCUT2D eigenvalue weighted by Crippen LogP contribution is -2.42. The van der Waals surface area contributed by atoms with Crippen LogP contribution in [-0.4, -0.2) is 8.07 Å². The zero-order chi connectivity index (χ0) is 29.9. The minimum absolute atomic E-state index is 0.0872. The van der Waals surface area contributed by atoms with E-state index in [1.807, 2.05) is 5.20 Å². The van der Waals surface area contributed by atoms with Gasteiger partial charge in [0.2, 0.25) is 0 Å². The van der Waals surface area contributed by atoms with Crippen LogP contribution in [0.4, 0.5) is 0 Å². The molecular formula is C39H56Si. The van der Waals surface area contributed by atoms with Crippen molar-refractivity contribution in [3.63, 3.8) is 0 Å². The van der Waals surface area contributed by atoms with Gasteiger partial charge in [0.15, 0.2) is 0 Å². The van der Waals surface area contributed by atoms with Crippen LogP contribution in [0.1, 0.15) is 136 Å². The van der Waals surface area contributed by atoms with Crippen LogP contribution in [-0.2, 0) is 10.8 Å². The highest BCUT2D eigenvalue weighted by molar-refractivity contribution is 6.87. The normalized spacial score (nSPS) is 21.1. The van der Waals surface area contributed by atoms with Crippen LogP contribution < -0.4 is 0 Å². The molecule has 0 saturated heterocycles. The average Bonchev–Trinajstić information content (AvgIpc) is 3.38. The van der Waals surface area contributed by atoms with Gasteiger partial charge in [0.05, 0.1) is 8.07 Å². The lowest BCUT2D eigenvalue weighted by atomic mass is 9.73. The average molecular weight is 553 g/mol. The fourth-order valence-corrected chi connectivity index (χ4v) is 13.6. The molecular weight excluding hydrogens is 497 g/mol. The minimum atomic E-state index is -1.83. The number of benzene rings is 2. The summed E-state index contributed by atoms with van der Waals surface area (Å²) in [5.41, 5.74) is 15.8. The molecule has 0 aliphatic heterocycles. The third-order valence-corrected chi connectivity index (χ3v) is 15.8. The van der Waals surface area contributed by atoms with Gasteiger partial charge in [0.25, 0.3) is 0 Å². The van der Waals surface area contributed by atoms with Crippen molar-refractivity contribution in [3.8, 4) is 11.1 Å². The van der Waals surface area contributed by atoms with E-state index in [-0.39, 0.29) is 10.8 Å². The topological polar surface area (TPSA) is 0 Å². The van der Waals surface area contributed by atoms with Crippen molar-refractivity contribution in [3.05, 3.63) is 86.1 Å². The number of allylic oxidation sites excluding steroid dienone is 5. The molecule has 0 spiro atoms. The Kier molecular flexibility index (Phi) is 8.18. The second-order valence-electron chi connectivity index (χ2n) is 15.5. The monoisotopic (exact) mass is 552 g/mol. The van der Waals surface area contributed by atoms with Gasteiger partial charge in [-0.15, -0.1) is 0 Å². The number of rotatable bonds is 6. The second kappa shape index (κ2) is 10.6. The summed E-state index contributed by atoms with van der Waals surface area (Å²) in [5.74, 6) is 1.04. The predicted molar refractivity (Wildman–Crippen MR) is 182 cm³/mol. The van der Waals surface area contributed by atoms with Crippen LogP contribution in [0.3, 0.4) is 0 Å². The molecule has 0 amide bonds. The maximum Gasteiger partial charge on any atom is 0.0910 e. The molecule has 2 aromatic rings. The standard InChI is InChI=1S/C39H56Si/c1-15-21-40(14,37-27(6)25(4)26(5)28(37)7)35-20-19-31-30(17-16-18-32(31)35)33-22-29(38(8,9)10)23-34(39(11,12)13)36(33)24(2)3/h16-20,22-24,27,35H,15,21H2,1-14H3. The Morgan fingerprint density at radius 2 is 1.52 bits per heavy atom. The number of hydrogen-bond acceptors (Lipinski definition) is 0. The van der Waals surface area contributed by atoms with Crippen molar-refractivity contribution in [1.29, 1.82) is 0 Å². The molecule has 40 heavy (non-hydrogen) atoms. The third-order valence-electron chi connectivity index (χ3n) is 10.4. The molecule has 0 saturated carbocycles. The minimum Gasteiger partial charge on any atom is -0.0787 e. The van der Waals surface area contributed by atoms with Gasteiger partial charge in [-0.05, 0) is 88.0 Å². The highest BCUT2D eigenvalue weighted by Crippen LogP contribution is 2.52. The van der Waals surface area contributed by atoms with Gasteiger partial charge < -0.3 is 0 Å². The molecule has 0 nitrogen and oxygen atoms in total. The van der Waals surface area contributed by atoms with Crippen LogP contribution in [0.25, 0.3) is 17.2 Å². The summed E-state index contributed by atoms with van der Waals surface area (Å²) in [6, 6.07) is 13.6. The largest absolute Gasteiger partial charge is 0.0910 e. The molecule has 0 radical (unpaired) electrons. The molecule has 2 aromatic carbocycles. The molecule has 0 heterocycles. The molecule has 0 aromatic heterocycles. The second-order valence-corrected chi connectivity index (χ2v) is 20.0. The van der Waals surface area contributed by atoms with Gasteiger partial charge in [0.1, 0.15) is 0 Å². The molecule has 3 unspecified atom stereocenters. The van der Waals surface area contributed by atoms with Crippen LogP contribution in [0.2, 0.25) is 12.6 Å². The van der Waals surface area contributed by atoms with Gasteiger partial charge >= 0.3 is 0 Å². The van der Waals surface area contributed by atoms with Crippen molar-refractivity contribution in [2.75, 3.05) is 0 Å². The lowest BCUT2D eigenvalue weighted by molar-refractivity contribution is 0.560. The summed E-state index contributed by atoms with van der Waals surface area (Å²) in [6.07, 6.45) is 6.37. The predicted octanol–water partition coefficient (Wildman–Crippen LogP) is 12.1. The van der Waals surface area contributed by atoms with E-state index in [1.54, 1.807) is 22.3 Å². The van der Waals surface area contributed by atoms with Crippen LogP contribution >= 0.6 is 0 Å². The van der Waals surface area contributed by atoms with Gasteiger partial charge in [-0.2, -0.15) is 0 Å². The van der Waals surface area contributed by atoms with Gasteiger partial charge in [-0.1, -0.05) is 147 Å². The SMILES string of the molecule is CCC[Si](C)(C1=C(C)C(C)=C(C)C1C)C1C=Cc2c(-c3cc(C(C)(C)C)cc(C(C)(C)C)c3C(C)C)cccc21. The van der Waals surface area contributed by atoms with Gasteiger partial charge in [-0.25, -0.2) is 0 Å². The van der Waals surface area contributed by atoms with Crippen molar-refractivity contribution < 1.29 is 0 Å². The Bertz CT molecular complexity index is 1400. The first-order valence-electron chi connectivity index (χ1n) is 15.8. The van der Waals surface area contributed by atoms with E-state index in [0.717, 1.165) is 0 Å². The quantitative estimate of drug-likeness (QED) is 0.313. The van der Waals surface area contributed by atoms with Crippen molar-refractivity contribution in [2.45, 2.75) is 131 Å². The van der Waals surface area contributed by atoms with Crippen LogP contribution in [0, 0.1) is 5.92 Å². The third kappa shape index (κ3) is 5.06. The molecule has 2 aliphatic carbocycles. The Morgan fingerprint density at radius 3 is 2.02 bits per heavy atom. The van der Waals surface area contributed by atoms with Gasteiger partial charge in [-0.3, -0.25) is 0 Å². The first-order valence-corrected chi connectivity index (χ1v) is 18.6. The summed E-state index contributed by atoms with van der Waals surface area (Å²) in [5, 5.41) is 1.81. The summed E-state index contributed by atoms with van der Waals surface area (Å²) in [7, 11) is -1.83. The molecule has 216 valence electrons. The Hall–Kier alpha value is -2.12. The van der Waals surface area contributed by atoms with E-state index in [1.165, 1.54) is 45.8 Å². The van der Waals surface area contributed by atoms with Crippen molar-refractivity contribution in [1.82, 2.24) is 0 Å². The smallest absolute Gasteiger partial charge is 0.0787 e. The number of hydrogen-bond donors (Lipinski definition) is 0. The fourth-order valence-electron chi connectivity index (χ4n) is 7.94. The van der Waals surface area contributed by atoms with Crippen molar-refractivity contribution >= 4 is 14.1 Å². The molecule has 1 heteroatoms. The van der Waals surface area contributed by atoms with E-state index in [0.29, 0.717) is 17.4 Å². The zero-order valence-corrected chi connectivity index (χ0v) is 29.2. The molecule has 4 rings (SSSR count). The lowest BCUT2D eigenvalue weighted by Gasteiger charge is -2.38. The fraction of sp³-hybridized carbons (Fsp3) is 0.538. The van der Waals surface area contributed by atoms with E-state index < -0.39 is 8.07 Å². The molecule has 2 aliphatic rings. The van der Waals surface area contributed by atoms with Gasteiger partial charge in [0, 0.05) is 5.54 Å². The van der Waals surface area contributed by atoms with E-state index in [2.05, 4.69) is 139 Å². The summed E-state index contributed by atoms with van der Waals surface area (Å²) < 4.78 is 0. The zero-order valence-electron chi connectivity index (χ0n) is 28.2. The molecule has 0 fully saturated rings. The maximum atomic E-state index is 2.70. The first-order chi connectivity index (χ1) is 18.4. The molecule has 0 bridgehead atoms. The van der Waals surface area contributed by atoms with Crippen LogP contribution in [0.15, 0.2) is 58.3 Å². The van der Waals surface area contributed by atoms with E-state index >= 15 is 0 Å². The molecule has 3 atom stereocenters. The maximum absolute atomic E-state index is 2.70. The summed E-state index contributed by atoms with van der Waals surface area (Å²) in [4.78, 5) is 0. The summed E-state index contributed by atoms with van der Waals surface area (Å²) >= 11 is 0. The molecule has 0 N–H and O–H groups in total. The van der Waals surface area contributed by atoms with Crippen LogP contribution in [0.5, 0.6) is 0 Å². The summed E-state index contributed by atoms with van der Waals surface area (Å²) in [6.45, 7) is 33.7. The Balaban J connectivity index is 1.97. The highest BCUT2D eigenvalue weighted by Gasteiger charge is 2.46. The van der Waals surface area contributed by atoms with Crippen molar-refractivity contribution in [2.24, 2.45) is 5.92 Å². The van der Waals surface area contributed by atoms with E-state index in [4.69, 9.17) is 0 Å². The Morgan fingerprint density at radius 1 is 0.875 bits per heavy atom. The number of fused-ring (bicyclic) bond motifs is 1. The highest BCUT2D eigenvalue weighted by atomic mass is 28.3. The first kappa shape index (κ1) is 30.8.